The van der Waals surface area contributed by atoms with Crippen molar-refractivity contribution < 1.29 is 14.3 Å². The largest absolute Gasteiger partial charge is 0.491 e. The molecule has 1 unspecified atom stereocenters. The summed E-state index contributed by atoms with van der Waals surface area (Å²) in [5.74, 6) is 0.723. The number of hydrogen-bond acceptors (Lipinski definition) is 5. The summed E-state index contributed by atoms with van der Waals surface area (Å²) >= 11 is 6.54. The van der Waals surface area contributed by atoms with Gasteiger partial charge in [0.05, 0.1) is 41.3 Å². The van der Waals surface area contributed by atoms with E-state index < -0.39 is 0 Å². The molecular weight excluding hydrogens is 476 g/mol. The van der Waals surface area contributed by atoms with Gasteiger partial charge in [-0.15, -0.1) is 0 Å². The number of amides is 1. The number of ether oxygens (including phenoxy) is 2. The van der Waals surface area contributed by atoms with Gasteiger partial charge in [-0.25, -0.2) is 0 Å². The SMILES string of the molecule is COCCOC1=CC2=NC=C(C(=O)Nc3ccc(Cl)c4c3cnn4Cc3ccccc3)CCC2C=C1. The first-order chi connectivity index (χ1) is 17.6. The zero-order chi connectivity index (χ0) is 24.9. The van der Waals surface area contributed by atoms with E-state index in [1.54, 1.807) is 25.6 Å². The third-order valence-electron chi connectivity index (χ3n) is 6.28. The van der Waals surface area contributed by atoms with Crippen molar-refractivity contribution >= 4 is 39.8 Å². The molecule has 1 aliphatic heterocycles. The second kappa shape index (κ2) is 10.9. The highest BCUT2D eigenvalue weighted by Crippen LogP contribution is 2.31. The Morgan fingerprint density at radius 2 is 2.06 bits per heavy atom. The van der Waals surface area contributed by atoms with Crippen molar-refractivity contribution in [3.63, 3.8) is 0 Å². The highest BCUT2D eigenvalue weighted by molar-refractivity contribution is 6.35. The van der Waals surface area contributed by atoms with Crippen molar-refractivity contribution in [2.24, 2.45) is 10.9 Å². The monoisotopic (exact) mass is 502 g/mol. The highest BCUT2D eigenvalue weighted by Gasteiger charge is 2.22. The van der Waals surface area contributed by atoms with Gasteiger partial charge in [0.2, 0.25) is 0 Å². The summed E-state index contributed by atoms with van der Waals surface area (Å²) in [7, 11) is 1.64. The van der Waals surface area contributed by atoms with Gasteiger partial charge in [-0.05, 0) is 36.6 Å². The van der Waals surface area contributed by atoms with Crippen LogP contribution in [0.25, 0.3) is 10.9 Å². The molecule has 0 bridgehead atoms. The number of rotatable bonds is 8. The summed E-state index contributed by atoms with van der Waals surface area (Å²) in [5, 5.41) is 8.97. The quantitative estimate of drug-likeness (QED) is 0.411. The fraction of sp³-hybridized carbons (Fsp3) is 0.250. The minimum Gasteiger partial charge on any atom is -0.491 e. The lowest BCUT2D eigenvalue weighted by molar-refractivity contribution is -0.113. The molecule has 1 aromatic heterocycles. The lowest BCUT2D eigenvalue weighted by atomic mass is 9.92. The van der Waals surface area contributed by atoms with Crippen molar-refractivity contribution in [3.05, 3.63) is 95.0 Å². The average Bonchev–Trinajstić information content (AvgIpc) is 3.19. The smallest absolute Gasteiger partial charge is 0.253 e. The number of nitrogens with zero attached hydrogens (tertiary/aromatic N) is 3. The molecule has 36 heavy (non-hydrogen) atoms. The Labute approximate surface area is 214 Å². The number of aromatic nitrogens is 2. The average molecular weight is 503 g/mol. The second-order valence-corrected chi connectivity index (χ2v) is 9.11. The molecule has 1 atom stereocenters. The van der Waals surface area contributed by atoms with Crippen LogP contribution in [0.2, 0.25) is 5.02 Å². The van der Waals surface area contributed by atoms with Crippen LogP contribution in [0.15, 0.2) is 89.4 Å². The molecular formula is C28H27ClN4O3. The zero-order valence-electron chi connectivity index (χ0n) is 20.0. The van der Waals surface area contributed by atoms with Crippen LogP contribution in [0.3, 0.4) is 0 Å². The van der Waals surface area contributed by atoms with Crippen LogP contribution in [0.5, 0.6) is 0 Å². The third-order valence-corrected chi connectivity index (χ3v) is 6.59. The Morgan fingerprint density at radius 1 is 1.19 bits per heavy atom. The summed E-state index contributed by atoms with van der Waals surface area (Å²) < 4.78 is 12.6. The van der Waals surface area contributed by atoms with Crippen molar-refractivity contribution in [2.45, 2.75) is 19.4 Å². The number of halogens is 1. The van der Waals surface area contributed by atoms with Gasteiger partial charge in [0, 0.05) is 36.3 Å². The van der Waals surface area contributed by atoms with Gasteiger partial charge in [-0.1, -0.05) is 48.0 Å². The predicted octanol–water partition coefficient (Wildman–Crippen LogP) is 5.53. The third kappa shape index (κ3) is 5.27. The van der Waals surface area contributed by atoms with Crippen LogP contribution in [0, 0.1) is 5.92 Å². The van der Waals surface area contributed by atoms with Crippen molar-refractivity contribution in [2.75, 3.05) is 25.6 Å². The van der Waals surface area contributed by atoms with Crippen LogP contribution < -0.4 is 5.32 Å². The van der Waals surface area contributed by atoms with Gasteiger partial charge in [-0.3, -0.25) is 14.5 Å². The maximum absolute atomic E-state index is 13.2. The van der Waals surface area contributed by atoms with E-state index in [1.807, 2.05) is 53.2 Å². The van der Waals surface area contributed by atoms with Crippen LogP contribution in [0.4, 0.5) is 5.69 Å². The van der Waals surface area contributed by atoms with Gasteiger partial charge in [-0.2, -0.15) is 5.10 Å². The molecule has 2 heterocycles. The van der Waals surface area contributed by atoms with Gasteiger partial charge < -0.3 is 14.8 Å². The van der Waals surface area contributed by atoms with Gasteiger partial charge in [0.25, 0.3) is 5.91 Å². The van der Waals surface area contributed by atoms with E-state index in [-0.39, 0.29) is 11.8 Å². The summed E-state index contributed by atoms with van der Waals surface area (Å²) in [6.45, 7) is 1.59. The fourth-order valence-corrected chi connectivity index (χ4v) is 4.63. The lowest BCUT2D eigenvalue weighted by Crippen LogP contribution is -2.16. The van der Waals surface area contributed by atoms with Crippen LogP contribution >= 0.6 is 11.6 Å². The molecule has 5 rings (SSSR count). The van der Waals surface area contributed by atoms with Crippen LogP contribution in [0.1, 0.15) is 18.4 Å². The number of benzene rings is 2. The summed E-state index contributed by atoms with van der Waals surface area (Å²) in [4.78, 5) is 17.8. The number of anilines is 1. The normalized spacial score (nSPS) is 17.1. The standard InChI is InChI=1S/C28H27ClN4O3/c1-35-13-14-36-22-10-9-20-7-8-21(16-30-26(20)15-22)28(34)32-25-12-11-24(29)27-23(25)17-31-33(27)18-19-5-3-2-4-6-19/h2-6,9-12,15-17,20H,7-8,13-14,18H2,1H3,(H,32,34). The van der Waals surface area contributed by atoms with Gasteiger partial charge in [0.1, 0.15) is 12.4 Å². The van der Waals surface area contributed by atoms with Crippen molar-refractivity contribution in [1.29, 1.82) is 0 Å². The summed E-state index contributed by atoms with van der Waals surface area (Å²) in [6.07, 6.45) is 10.8. The fourth-order valence-electron chi connectivity index (χ4n) is 4.37. The maximum Gasteiger partial charge on any atom is 0.253 e. The molecule has 1 N–H and O–H groups in total. The number of carbonyl (C=O) groups excluding carboxylic acids is 1. The van der Waals surface area contributed by atoms with Crippen molar-refractivity contribution in [3.8, 4) is 0 Å². The topological polar surface area (TPSA) is 77.7 Å². The van der Waals surface area contributed by atoms with E-state index in [9.17, 15) is 4.79 Å². The molecule has 2 aromatic carbocycles. The van der Waals surface area contributed by atoms with E-state index >= 15 is 0 Å². The molecule has 184 valence electrons. The number of fused-ring (bicyclic) bond motifs is 2. The molecule has 8 heteroatoms. The molecule has 0 spiro atoms. The summed E-state index contributed by atoms with van der Waals surface area (Å²) in [6, 6.07) is 13.7. The molecule has 1 aliphatic carbocycles. The molecule has 1 amide bonds. The van der Waals surface area contributed by atoms with E-state index in [2.05, 4.69) is 21.5 Å². The molecule has 3 aromatic rings. The number of nitrogens with one attached hydrogen (secondary N) is 1. The first-order valence-electron chi connectivity index (χ1n) is 11.9. The van der Waals surface area contributed by atoms with Crippen LogP contribution in [-0.2, 0) is 20.8 Å². The number of hydrogen-bond donors (Lipinski definition) is 1. The van der Waals surface area contributed by atoms with E-state index in [4.69, 9.17) is 21.1 Å². The zero-order valence-corrected chi connectivity index (χ0v) is 20.7. The number of carbonyl (C=O) groups is 1. The molecule has 0 radical (unpaired) electrons. The van der Waals surface area contributed by atoms with E-state index in [0.29, 0.717) is 42.5 Å². The number of methoxy groups -OCH3 is 1. The second-order valence-electron chi connectivity index (χ2n) is 8.70. The maximum atomic E-state index is 13.2. The first-order valence-corrected chi connectivity index (χ1v) is 12.3. The molecule has 0 saturated heterocycles. The van der Waals surface area contributed by atoms with Crippen LogP contribution in [-0.4, -0.2) is 41.7 Å². The van der Waals surface area contributed by atoms with Gasteiger partial charge in [0.15, 0.2) is 0 Å². The molecule has 0 saturated carbocycles. The number of allylic oxidation sites excluding steroid dienone is 3. The first kappa shape index (κ1) is 24.0. The Bertz CT molecular complexity index is 1390. The molecule has 0 fully saturated rings. The highest BCUT2D eigenvalue weighted by atomic mass is 35.5. The predicted molar refractivity (Wildman–Crippen MR) is 142 cm³/mol. The van der Waals surface area contributed by atoms with Gasteiger partial charge >= 0.3 is 0 Å². The van der Waals surface area contributed by atoms with Crippen molar-refractivity contribution in [1.82, 2.24) is 9.78 Å². The Morgan fingerprint density at radius 3 is 2.89 bits per heavy atom. The molecule has 7 nitrogen and oxygen atoms in total. The molecule has 2 aliphatic rings. The Balaban J connectivity index is 1.34. The lowest BCUT2D eigenvalue weighted by Gasteiger charge is -2.17. The number of aliphatic imine (C=N–C) groups is 1. The minimum absolute atomic E-state index is 0.153. The Kier molecular flexibility index (Phi) is 7.30. The van der Waals surface area contributed by atoms with E-state index in [0.717, 1.165) is 34.4 Å². The Hall–Kier alpha value is -3.68. The minimum atomic E-state index is -0.179. The van der Waals surface area contributed by atoms with E-state index in [1.165, 1.54) is 0 Å². The summed E-state index contributed by atoms with van der Waals surface area (Å²) in [5.41, 5.74) is 4.09.